The van der Waals surface area contributed by atoms with Crippen LogP contribution in [0.2, 0.25) is 0 Å². The Labute approximate surface area is 133 Å². The van der Waals surface area contributed by atoms with Gasteiger partial charge in [0.05, 0.1) is 0 Å². The minimum Gasteiger partial charge on any atom is -0.0764 e. The van der Waals surface area contributed by atoms with Crippen molar-refractivity contribution in [3.63, 3.8) is 0 Å². The first-order valence-electron chi connectivity index (χ1n) is 8.28. The van der Waals surface area contributed by atoms with Gasteiger partial charge in [-0.1, -0.05) is 71.8 Å². The smallest absolute Gasteiger partial charge is 0.00276 e. The van der Waals surface area contributed by atoms with E-state index in [9.17, 15) is 0 Å². The van der Waals surface area contributed by atoms with Crippen LogP contribution in [0.1, 0.15) is 58.1 Å². The molecule has 2 aromatic carbocycles. The van der Waals surface area contributed by atoms with E-state index in [-0.39, 0.29) is 0 Å². The Hall–Kier alpha value is -2.08. The van der Waals surface area contributed by atoms with Gasteiger partial charge in [-0.2, -0.15) is 0 Å². The highest BCUT2D eigenvalue weighted by molar-refractivity contribution is 5.64. The molecule has 110 valence electrons. The summed E-state index contributed by atoms with van der Waals surface area (Å²) in [6.07, 6.45) is 11.8. The van der Waals surface area contributed by atoms with Crippen molar-refractivity contribution in [2.45, 2.75) is 38.5 Å². The van der Waals surface area contributed by atoms with Crippen LogP contribution in [0.4, 0.5) is 0 Å². The number of rotatable bonds is 3. The summed E-state index contributed by atoms with van der Waals surface area (Å²) >= 11 is 0. The first-order valence-corrected chi connectivity index (χ1v) is 8.28. The van der Waals surface area contributed by atoms with Crippen LogP contribution in [-0.2, 0) is 0 Å². The molecule has 2 aliphatic rings. The van der Waals surface area contributed by atoms with E-state index in [1.54, 1.807) is 0 Å². The lowest BCUT2D eigenvalue weighted by atomic mass is 9.88. The summed E-state index contributed by atoms with van der Waals surface area (Å²) in [5.41, 5.74) is 8.60. The molecule has 4 rings (SSSR count). The second-order valence-electron chi connectivity index (χ2n) is 6.77. The van der Waals surface area contributed by atoms with Gasteiger partial charge >= 0.3 is 0 Å². The number of aryl methyl sites for hydroxylation is 2. The van der Waals surface area contributed by atoms with Crippen molar-refractivity contribution < 1.29 is 0 Å². The van der Waals surface area contributed by atoms with Crippen molar-refractivity contribution in [1.29, 1.82) is 0 Å². The summed E-state index contributed by atoms with van der Waals surface area (Å²) in [5, 5.41) is 0. The Bertz CT molecular complexity index is 709. The molecule has 0 amide bonds. The van der Waals surface area contributed by atoms with Crippen LogP contribution >= 0.6 is 0 Å². The van der Waals surface area contributed by atoms with Crippen molar-refractivity contribution in [2.75, 3.05) is 0 Å². The fourth-order valence-electron chi connectivity index (χ4n) is 3.84. The molecule has 0 radical (unpaired) electrons. The Morgan fingerprint density at radius 3 is 1.59 bits per heavy atom. The summed E-state index contributed by atoms with van der Waals surface area (Å²) in [4.78, 5) is 0. The quantitative estimate of drug-likeness (QED) is 0.648. The predicted molar refractivity (Wildman–Crippen MR) is 95.1 cm³/mol. The molecule has 22 heavy (non-hydrogen) atoms. The van der Waals surface area contributed by atoms with Crippen molar-refractivity contribution in [3.8, 4) is 0 Å². The SMILES string of the molecule is Cc1ccc2c(c1)C(CCC1C=Cc3ccc(C)cc31)C=C2. The molecule has 2 atom stereocenters. The van der Waals surface area contributed by atoms with E-state index in [0.29, 0.717) is 11.8 Å². The number of fused-ring (bicyclic) bond motifs is 2. The standard InChI is InChI=1S/C22H22/c1-15-3-5-17-7-9-19(21(17)13-15)11-12-20-10-8-18-6-4-16(2)14-22(18)20/h3-10,13-14,19-20H,11-12H2,1-2H3. The summed E-state index contributed by atoms with van der Waals surface area (Å²) in [6.45, 7) is 4.38. The fraction of sp³-hybridized carbons (Fsp3) is 0.273. The van der Waals surface area contributed by atoms with Crippen molar-refractivity contribution >= 4 is 12.2 Å². The molecule has 0 heterocycles. The van der Waals surface area contributed by atoms with Gasteiger partial charge in [0.15, 0.2) is 0 Å². The summed E-state index contributed by atoms with van der Waals surface area (Å²) < 4.78 is 0. The molecule has 0 aromatic heterocycles. The molecule has 0 N–H and O–H groups in total. The molecular formula is C22H22. The van der Waals surface area contributed by atoms with Gasteiger partial charge in [-0.3, -0.25) is 0 Å². The highest BCUT2D eigenvalue weighted by atomic mass is 14.3. The number of hydrogen-bond acceptors (Lipinski definition) is 0. The third-order valence-electron chi connectivity index (χ3n) is 5.09. The first-order chi connectivity index (χ1) is 10.7. The Morgan fingerprint density at radius 1 is 0.682 bits per heavy atom. The molecule has 0 nitrogen and oxygen atoms in total. The lowest BCUT2D eigenvalue weighted by molar-refractivity contribution is 0.642. The van der Waals surface area contributed by atoms with Gasteiger partial charge in [0, 0.05) is 11.8 Å². The molecule has 0 bridgehead atoms. The number of allylic oxidation sites excluding steroid dienone is 2. The predicted octanol–water partition coefficient (Wildman–Crippen LogP) is 6.00. The molecular weight excluding hydrogens is 264 g/mol. The van der Waals surface area contributed by atoms with E-state index in [1.807, 2.05) is 0 Å². The normalized spacial score (nSPS) is 21.2. The zero-order valence-corrected chi connectivity index (χ0v) is 13.3. The average molecular weight is 286 g/mol. The van der Waals surface area contributed by atoms with Gasteiger partial charge in [-0.05, 0) is 48.9 Å². The summed E-state index contributed by atoms with van der Waals surface area (Å²) in [7, 11) is 0. The molecule has 0 heteroatoms. The Balaban J connectivity index is 1.50. The van der Waals surface area contributed by atoms with Gasteiger partial charge in [-0.25, -0.2) is 0 Å². The van der Waals surface area contributed by atoms with Gasteiger partial charge < -0.3 is 0 Å². The Kier molecular flexibility index (Phi) is 3.26. The van der Waals surface area contributed by atoms with E-state index in [2.05, 4.69) is 74.5 Å². The molecule has 2 unspecified atom stereocenters. The fourth-order valence-corrected chi connectivity index (χ4v) is 3.84. The van der Waals surface area contributed by atoms with Crippen LogP contribution in [0.15, 0.2) is 48.6 Å². The van der Waals surface area contributed by atoms with Crippen LogP contribution < -0.4 is 0 Å². The van der Waals surface area contributed by atoms with E-state index in [4.69, 9.17) is 0 Å². The van der Waals surface area contributed by atoms with Crippen LogP contribution in [-0.4, -0.2) is 0 Å². The molecule has 0 aliphatic heterocycles. The first kappa shape index (κ1) is 13.6. The largest absolute Gasteiger partial charge is 0.0764 e. The maximum Gasteiger partial charge on any atom is 0.00276 e. The third kappa shape index (κ3) is 2.33. The molecule has 2 aliphatic carbocycles. The second-order valence-corrected chi connectivity index (χ2v) is 6.77. The van der Waals surface area contributed by atoms with E-state index in [1.165, 1.54) is 46.2 Å². The van der Waals surface area contributed by atoms with E-state index >= 15 is 0 Å². The van der Waals surface area contributed by atoms with Crippen LogP contribution in [0.3, 0.4) is 0 Å². The monoisotopic (exact) mass is 286 g/mol. The van der Waals surface area contributed by atoms with Gasteiger partial charge in [0.1, 0.15) is 0 Å². The van der Waals surface area contributed by atoms with E-state index < -0.39 is 0 Å². The van der Waals surface area contributed by atoms with E-state index in [0.717, 1.165) is 0 Å². The summed E-state index contributed by atoms with van der Waals surface area (Å²) in [6, 6.07) is 13.7. The van der Waals surface area contributed by atoms with Crippen molar-refractivity contribution in [1.82, 2.24) is 0 Å². The molecule has 0 saturated carbocycles. The zero-order chi connectivity index (χ0) is 15.1. The number of benzene rings is 2. The average Bonchev–Trinajstić information content (AvgIpc) is 3.08. The maximum atomic E-state index is 2.39. The van der Waals surface area contributed by atoms with Crippen LogP contribution in [0, 0.1) is 13.8 Å². The highest BCUT2D eigenvalue weighted by Crippen LogP contribution is 2.39. The molecule has 0 fully saturated rings. The Morgan fingerprint density at radius 2 is 1.14 bits per heavy atom. The number of hydrogen-bond donors (Lipinski definition) is 0. The highest BCUT2D eigenvalue weighted by Gasteiger charge is 2.21. The topological polar surface area (TPSA) is 0 Å². The van der Waals surface area contributed by atoms with Crippen molar-refractivity contribution in [2.24, 2.45) is 0 Å². The minimum atomic E-state index is 0.595. The van der Waals surface area contributed by atoms with Crippen molar-refractivity contribution in [3.05, 3.63) is 81.9 Å². The van der Waals surface area contributed by atoms with Gasteiger partial charge in [0.25, 0.3) is 0 Å². The lowest BCUT2D eigenvalue weighted by Crippen LogP contribution is -1.99. The zero-order valence-electron chi connectivity index (χ0n) is 13.3. The van der Waals surface area contributed by atoms with Gasteiger partial charge in [0.2, 0.25) is 0 Å². The minimum absolute atomic E-state index is 0.595. The molecule has 0 spiro atoms. The maximum absolute atomic E-state index is 2.39. The second kappa shape index (κ2) is 5.28. The third-order valence-corrected chi connectivity index (χ3v) is 5.09. The van der Waals surface area contributed by atoms with Gasteiger partial charge in [-0.15, -0.1) is 0 Å². The van der Waals surface area contributed by atoms with Crippen LogP contribution in [0.25, 0.3) is 12.2 Å². The molecule has 0 saturated heterocycles. The summed E-state index contributed by atoms with van der Waals surface area (Å²) in [5.74, 6) is 1.19. The van der Waals surface area contributed by atoms with Crippen LogP contribution in [0.5, 0.6) is 0 Å². The lowest BCUT2D eigenvalue weighted by Gasteiger charge is -2.16. The molecule has 2 aromatic rings.